The molecule has 0 aromatic heterocycles. The van der Waals surface area contributed by atoms with Gasteiger partial charge in [0.1, 0.15) is 0 Å². The van der Waals surface area contributed by atoms with Gasteiger partial charge in [-0.25, -0.2) is 4.79 Å². The van der Waals surface area contributed by atoms with E-state index in [0.717, 1.165) is 28.3 Å². The van der Waals surface area contributed by atoms with E-state index < -0.39 is 4.87 Å². The van der Waals surface area contributed by atoms with Crippen LogP contribution in [0.3, 0.4) is 0 Å². The van der Waals surface area contributed by atoms with Gasteiger partial charge in [-0.05, 0) is 44.5 Å². The average molecular weight is 382 g/mol. The minimum Gasteiger partial charge on any atom is -0.308 e. The van der Waals surface area contributed by atoms with Crippen LogP contribution in [0.1, 0.15) is 25.0 Å². The van der Waals surface area contributed by atoms with Gasteiger partial charge in [0.15, 0.2) is 4.87 Å². The number of amides is 3. The summed E-state index contributed by atoms with van der Waals surface area (Å²) >= 11 is 1.55. The van der Waals surface area contributed by atoms with Gasteiger partial charge in [-0.2, -0.15) is 0 Å². The van der Waals surface area contributed by atoms with Crippen LogP contribution in [0.2, 0.25) is 0 Å². The summed E-state index contributed by atoms with van der Waals surface area (Å²) in [6.45, 7) is 6.53. The van der Waals surface area contributed by atoms with Crippen molar-refractivity contribution in [2.75, 3.05) is 22.5 Å². The Kier molecular flexibility index (Phi) is 4.38. The maximum atomic E-state index is 13.5. The van der Waals surface area contributed by atoms with E-state index in [9.17, 15) is 9.59 Å². The number of anilines is 2. The zero-order valence-electron chi connectivity index (χ0n) is 15.7. The quantitative estimate of drug-likeness (QED) is 0.849. The first-order chi connectivity index (χ1) is 12.9. The smallest absolute Gasteiger partial charge is 0.308 e. The van der Waals surface area contributed by atoms with Gasteiger partial charge < -0.3 is 10.2 Å². The van der Waals surface area contributed by atoms with Crippen LogP contribution in [0, 0.1) is 6.92 Å². The lowest BCUT2D eigenvalue weighted by atomic mass is 10.1. The Morgan fingerprint density at radius 1 is 1.19 bits per heavy atom. The molecule has 0 aliphatic carbocycles. The van der Waals surface area contributed by atoms with Crippen LogP contribution in [0.5, 0.6) is 0 Å². The Bertz CT molecular complexity index is 914. The Labute approximate surface area is 163 Å². The molecular formula is C21H23N3O2S. The van der Waals surface area contributed by atoms with E-state index in [1.165, 1.54) is 0 Å². The molecule has 2 aromatic rings. The third-order valence-corrected chi connectivity index (χ3v) is 6.49. The number of carbonyl (C=O) groups is 2. The Morgan fingerprint density at radius 2 is 1.96 bits per heavy atom. The lowest BCUT2D eigenvalue weighted by Crippen LogP contribution is -2.52. The average Bonchev–Trinajstić information content (AvgIpc) is 3.17. The van der Waals surface area contributed by atoms with Gasteiger partial charge in [0, 0.05) is 29.6 Å². The molecule has 0 unspecified atom stereocenters. The highest BCUT2D eigenvalue weighted by Crippen LogP contribution is 2.54. The summed E-state index contributed by atoms with van der Waals surface area (Å²) in [5.41, 5.74) is 3.63. The summed E-state index contributed by atoms with van der Waals surface area (Å²) in [7, 11) is 0. The fourth-order valence-electron chi connectivity index (χ4n) is 3.95. The Morgan fingerprint density at radius 3 is 2.70 bits per heavy atom. The number of nitrogens with one attached hydrogen (secondary N) is 1. The molecule has 0 saturated carbocycles. The first kappa shape index (κ1) is 17.9. The van der Waals surface area contributed by atoms with Crippen molar-refractivity contribution < 1.29 is 9.59 Å². The molecule has 2 aliphatic heterocycles. The van der Waals surface area contributed by atoms with E-state index >= 15 is 0 Å². The second kappa shape index (κ2) is 6.60. The van der Waals surface area contributed by atoms with E-state index in [-0.39, 0.29) is 18.0 Å². The van der Waals surface area contributed by atoms with E-state index in [1.807, 2.05) is 74.2 Å². The molecule has 140 valence electrons. The highest BCUT2D eigenvalue weighted by Gasteiger charge is 2.59. The number of aryl methyl sites for hydroxylation is 1. The lowest BCUT2D eigenvalue weighted by Gasteiger charge is -2.33. The van der Waals surface area contributed by atoms with Crippen LogP contribution in [0.25, 0.3) is 0 Å². The standard InChI is InChI=1S/C21H23N3O2S/c1-14(2)24-18-10-5-4-9-17(18)21(19(24)25)23(11-12-27-21)20(26)22-16-8-6-7-15(3)13-16/h4-10,13-14H,11-12H2,1-3H3,(H,22,26)/t21-/m0/s1. The maximum Gasteiger partial charge on any atom is 0.323 e. The van der Waals surface area contributed by atoms with Gasteiger partial charge in [0.05, 0.1) is 5.69 Å². The Hall–Kier alpha value is -2.47. The second-order valence-corrected chi connectivity index (χ2v) is 8.52. The molecule has 2 heterocycles. The van der Waals surface area contributed by atoms with Gasteiger partial charge in [0.2, 0.25) is 0 Å². The number of urea groups is 1. The number of hydrogen-bond donors (Lipinski definition) is 1. The fraction of sp³-hybridized carbons (Fsp3) is 0.333. The minimum atomic E-state index is -0.977. The van der Waals surface area contributed by atoms with Gasteiger partial charge in [-0.1, -0.05) is 30.3 Å². The summed E-state index contributed by atoms with van der Waals surface area (Å²) in [6.07, 6.45) is 0. The highest BCUT2D eigenvalue weighted by atomic mass is 32.2. The zero-order valence-corrected chi connectivity index (χ0v) is 16.5. The van der Waals surface area contributed by atoms with Gasteiger partial charge in [-0.15, -0.1) is 11.8 Å². The van der Waals surface area contributed by atoms with Crippen molar-refractivity contribution in [2.24, 2.45) is 0 Å². The first-order valence-electron chi connectivity index (χ1n) is 9.17. The van der Waals surface area contributed by atoms with Crippen LogP contribution in [-0.2, 0) is 9.67 Å². The van der Waals surface area contributed by atoms with Crippen molar-refractivity contribution in [2.45, 2.75) is 31.7 Å². The molecule has 1 N–H and O–H groups in total. The molecule has 2 aromatic carbocycles. The summed E-state index contributed by atoms with van der Waals surface area (Å²) in [5, 5.41) is 2.97. The zero-order chi connectivity index (χ0) is 19.2. The number of hydrogen-bond acceptors (Lipinski definition) is 3. The third-order valence-electron chi connectivity index (χ3n) is 5.07. The van der Waals surface area contributed by atoms with Gasteiger partial charge in [-0.3, -0.25) is 9.69 Å². The number of thioether (sulfide) groups is 1. The van der Waals surface area contributed by atoms with Crippen LogP contribution >= 0.6 is 11.8 Å². The van der Waals surface area contributed by atoms with Crippen molar-refractivity contribution in [3.8, 4) is 0 Å². The molecule has 3 amide bonds. The SMILES string of the molecule is Cc1cccc(NC(=O)N2CCS[C@@]23C(=O)N(C(C)C)c2ccccc23)c1. The van der Waals surface area contributed by atoms with Crippen molar-refractivity contribution in [1.29, 1.82) is 0 Å². The second-order valence-electron chi connectivity index (χ2n) is 7.23. The highest BCUT2D eigenvalue weighted by molar-refractivity contribution is 8.01. The number of nitrogens with zero attached hydrogens (tertiary/aromatic N) is 2. The Balaban J connectivity index is 1.73. The molecule has 1 fully saturated rings. The van der Waals surface area contributed by atoms with Gasteiger partial charge in [0.25, 0.3) is 5.91 Å². The third kappa shape index (κ3) is 2.70. The number of carbonyl (C=O) groups excluding carboxylic acids is 2. The summed E-state index contributed by atoms with van der Waals surface area (Å²) in [6, 6.07) is 15.3. The normalized spacial score (nSPS) is 21.3. The maximum absolute atomic E-state index is 13.5. The summed E-state index contributed by atoms with van der Waals surface area (Å²) in [4.78, 5) is 29.2. The topological polar surface area (TPSA) is 52.7 Å². The monoisotopic (exact) mass is 381 g/mol. The fourth-order valence-corrected chi connectivity index (χ4v) is 5.40. The van der Waals surface area contributed by atoms with Crippen LogP contribution < -0.4 is 10.2 Å². The minimum absolute atomic E-state index is 0.0272. The predicted molar refractivity (Wildman–Crippen MR) is 110 cm³/mol. The lowest BCUT2D eigenvalue weighted by molar-refractivity contribution is -0.123. The molecule has 1 spiro atoms. The largest absolute Gasteiger partial charge is 0.323 e. The van der Waals surface area contributed by atoms with E-state index in [1.54, 1.807) is 16.7 Å². The molecule has 2 aliphatic rings. The molecular weight excluding hydrogens is 358 g/mol. The number of benzene rings is 2. The van der Waals surface area contributed by atoms with Crippen LogP contribution in [0.15, 0.2) is 48.5 Å². The number of fused-ring (bicyclic) bond motifs is 2. The van der Waals surface area contributed by atoms with Crippen molar-refractivity contribution in [1.82, 2.24) is 4.90 Å². The first-order valence-corrected chi connectivity index (χ1v) is 10.2. The number of para-hydroxylation sites is 1. The molecule has 1 saturated heterocycles. The summed E-state index contributed by atoms with van der Waals surface area (Å²) < 4.78 is 0. The molecule has 0 bridgehead atoms. The van der Waals surface area contributed by atoms with Crippen molar-refractivity contribution in [3.63, 3.8) is 0 Å². The molecule has 4 rings (SSSR count). The molecule has 5 nitrogen and oxygen atoms in total. The summed E-state index contributed by atoms with van der Waals surface area (Å²) in [5.74, 6) is 0.702. The molecule has 0 radical (unpaired) electrons. The van der Waals surface area contributed by atoms with E-state index in [2.05, 4.69) is 5.32 Å². The molecule has 6 heteroatoms. The van der Waals surface area contributed by atoms with Crippen molar-refractivity contribution >= 4 is 35.1 Å². The number of rotatable bonds is 2. The van der Waals surface area contributed by atoms with Crippen molar-refractivity contribution in [3.05, 3.63) is 59.7 Å². The van der Waals surface area contributed by atoms with Gasteiger partial charge >= 0.3 is 6.03 Å². The van der Waals surface area contributed by atoms with E-state index in [4.69, 9.17) is 0 Å². The molecule has 1 atom stereocenters. The van der Waals surface area contributed by atoms with Crippen LogP contribution in [-0.4, -0.2) is 35.2 Å². The molecule has 27 heavy (non-hydrogen) atoms. The van der Waals surface area contributed by atoms with Crippen LogP contribution in [0.4, 0.5) is 16.2 Å². The predicted octanol–water partition coefficient (Wildman–Crippen LogP) is 4.18. The van der Waals surface area contributed by atoms with E-state index in [0.29, 0.717) is 6.54 Å².